The van der Waals surface area contributed by atoms with Crippen LogP contribution in [0.2, 0.25) is 0 Å². The summed E-state index contributed by atoms with van der Waals surface area (Å²) in [5, 5.41) is 9.79. The molecular formula is C17H32O5. The van der Waals surface area contributed by atoms with Gasteiger partial charge in [-0.25, -0.2) is 0 Å². The lowest BCUT2D eigenvalue weighted by molar-refractivity contribution is -0.356. The van der Waals surface area contributed by atoms with Crippen LogP contribution in [0.3, 0.4) is 0 Å². The van der Waals surface area contributed by atoms with Crippen molar-refractivity contribution in [3.8, 4) is 0 Å². The fourth-order valence-corrected chi connectivity index (χ4v) is 3.55. The molecule has 0 amide bonds. The molecule has 1 fully saturated rings. The van der Waals surface area contributed by atoms with Gasteiger partial charge in [0.15, 0.2) is 5.79 Å². The molecule has 0 aromatic heterocycles. The highest BCUT2D eigenvalue weighted by Crippen LogP contribution is 2.49. The number of ether oxygens (including phenoxy) is 3. The van der Waals surface area contributed by atoms with E-state index in [2.05, 4.69) is 18.6 Å². The third kappa shape index (κ3) is 3.81. The van der Waals surface area contributed by atoms with E-state index < -0.39 is 11.2 Å². The molecule has 0 saturated carbocycles. The number of esters is 1. The summed E-state index contributed by atoms with van der Waals surface area (Å²) in [5.74, 6) is -0.403. The monoisotopic (exact) mass is 316 g/mol. The summed E-state index contributed by atoms with van der Waals surface area (Å²) in [6.45, 7) is 8.25. The summed E-state index contributed by atoms with van der Waals surface area (Å²) in [5.41, 5.74) is -0.504. The van der Waals surface area contributed by atoms with Crippen molar-refractivity contribution in [2.75, 3.05) is 20.8 Å². The van der Waals surface area contributed by atoms with Crippen molar-refractivity contribution in [1.82, 2.24) is 0 Å². The molecule has 5 nitrogen and oxygen atoms in total. The Bertz CT molecular complexity index is 368. The van der Waals surface area contributed by atoms with Gasteiger partial charge in [0, 0.05) is 24.9 Å². The number of hydrogen-bond donors (Lipinski definition) is 1. The maximum Gasteiger partial charge on any atom is 0.305 e. The summed E-state index contributed by atoms with van der Waals surface area (Å²) >= 11 is 0. The molecule has 1 aliphatic rings. The number of aliphatic hydroxyl groups excluding tert-OH is 1. The Morgan fingerprint density at radius 1 is 1.36 bits per heavy atom. The first-order valence-electron chi connectivity index (χ1n) is 8.14. The minimum absolute atomic E-state index is 0.00716. The van der Waals surface area contributed by atoms with E-state index in [0.29, 0.717) is 12.3 Å². The Kier molecular flexibility index (Phi) is 6.84. The average Bonchev–Trinajstić information content (AvgIpc) is 2.50. The topological polar surface area (TPSA) is 65.0 Å². The fourth-order valence-electron chi connectivity index (χ4n) is 3.55. The van der Waals surface area contributed by atoms with Gasteiger partial charge in [0.2, 0.25) is 0 Å². The second-order valence-electron chi connectivity index (χ2n) is 7.12. The van der Waals surface area contributed by atoms with Gasteiger partial charge in [-0.2, -0.15) is 0 Å². The number of rotatable bonds is 7. The Labute approximate surface area is 134 Å². The van der Waals surface area contributed by atoms with Gasteiger partial charge in [0.25, 0.3) is 0 Å². The van der Waals surface area contributed by atoms with Crippen molar-refractivity contribution in [2.45, 2.75) is 65.3 Å². The second-order valence-corrected chi connectivity index (χ2v) is 7.12. The summed E-state index contributed by atoms with van der Waals surface area (Å²) < 4.78 is 16.8. The van der Waals surface area contributed by atoms with Crippen LogP contribution in [-0.4, -0.2) is 43.8 Å². The van der Waals surface area contributed by atoms with Crippen molar-refractivity contribution in [2.24, 2.45) is 17.3 Å². The molecule has 0 bridgehead atoms. The number of carbonyl (C=O) groups is 1. The highest BCUT2D eigenvalue weighted by atomic mass is 16.7. The minimum Gasteiger partial charge on any atom is -0.469 e. The number of hydrogen-bond acceptors (Lipinski definition) is 5. The molecular weight excluding hydrogens is 284 g/mol. The summed E-state index contributed by atoms with van der Waals surface area (Å²) in [4.78, 5) is 11.2. The summed E-state index contributed by atoms with van der Waals surface area (Å²) in [7, 11) is 3.06. The van der Waals surface area contributed by atoms with Crippen LogP contribution in [0.4, 0.5) is 0 Å². The zero-order valence-electron chi connectivity index (χ0n) is 14.8. The van der Waals surface area contributed by atoms with E-state index in [9.17, 15) is 9.90 Å². The highest BCUT2D eigenvalue weighted by Gasteiger charge is 2.55. The molecule has 0 unspecified atom stereocenters. The molecule has 1 rings (SSSR count). The number of carbonyl (C=O) groups excluding carboxylic acids is 1. The molecule has 1 aliphatic heterocycles. The van der Waals surface area contributed by atoms with Crippen LogP contribution in [0, 0.1) is 17.3 Å². The molecule has 1 N–H and O–H groups in total. The van der Waals surface area contributed by atoms with E-state index in [0.717, 1.165) is 19.3 Å². The smallest absolute Gasteiger partial charge is 0.305 e. The second kappa shape index (κ2) is 7.75. The van der Waals surface area contributed by atoms with E-state index >= 15 is 0 Å². The van der Waals surface area contributed by atoms with Gasteiger partial charge in [0.05, 0.1) is 19.8 Å². The van der Waals surface area contributed by atoms with E-state index in [1.165, 1.54) is 7.11 Å². The molecule has 0 aliphatic carbocycles. The SMILES string of the molecule is COC(=O)CCC[C@H]1C[C@@H](C)[C@@H](C)[C@@](OC)(C(C)(C)CO)O1. The molecule has 130 valence electrons. The fraction of sp³-hybridized carbons (Fsp3) is 0.941. The minimum atomic E-state index is -0.810. The standard InChI is InChI=1S/C17H32O5/c1-12-10-14(8-7-9-15(19)20-5)22-17(21-6,13(12)2)16(3,4)11-18/h12-14,18H,7-11H2,1-6H3/t12-,13-,14+,17+/m1/s1. The van der Waals surface area contributed by atoms with Crippen molar-refractivity contribution >= 4 is 5.97 Å². The van der Waals surface area contributed by atoms with Crippen molar-refractivity contribution < 1.29 is 24.1 Å². The van der Waals surface area contributed by atoms with Crippen LogP contribution >= 0.6 is 0 Å². The lowest BCUT2D eigenvalue weighted by Gasteiger charge is -2.54. The van der Waals surface area contributed by atoms with E-state index in [-0.39, 0.29) is 24.6 Å². The van der Waals surface area contributed by atoms with Gasteiger partial charge in [-0.15, -0.1) is 0 Å². The van der Waals surface area contributed by atoms with Gasteiger partial charge >= 0.3 is 5.97 Å². The quantitative estimate of drug-likeness (QED) is 0.732. The Hall–Kier alpha value is -0.650. The highest BCUT2D eigenvalue weighted by molar-refractivity contribution is 5.68. The largest absolute Gasteiger partial charge is 0.469 e. The van der Waals surface area contributed by atoms with Gasteiger partial charge in [0.1, 0.15) is 0 Å². The lowest BCUT2D eigenvalue weighted by Crippen LogP contribution is -2.61. The third-order valence-corrected chi connectivity index (χ3v) is 5.21. The van der Waals surface area contributed by atoms with Crippen molar-refractivity contribution in [3.05, 3.63) is 0 Å². The first-order chi connectivity index (χ1) is 10.2. The number of aliphatic hydroxyl groups is 1. The van der Waals surface area contributed by atoms with Crippen LogP contribution < -0.4 is 0 Å². The number of methoxy groups -OCH3 is 2. The molecule has 1 saturated heterocycles. The van der Waals surface area contributed by atoms with Gasteiger partial charge < -0.3 is 19.3 Å². The van der Waals surface area contributed by atoms with Gasteiger partial charge in [-0.3, -0.25) is 4.79 Å². The van der Waals surface area contributed by atoms with E-state index in [1.54, 1.807) is 7.11 Å². The normalized spacial score (nSPS) is 32.8. The molecule has 0 radical (unpaired) electrons. The van der Waals surface area contributed by atoms with Crippen LogP contribution in [0.1, 0.15) is 53.4 Å². The first kappa shape index (κ1) is 19.4. The first-order valence-corrected chi connectivity index (χ1v) is 8.14. The Morgan fingerprint density at radius 3 is 2.50 bits per heavy atom. The molecule has 0 aromatic carbocycles. The molecule has 5 heteroatoms. The molecule has 22 heavy (non-hydrogen) atoms. The predicted octanol–water partition coefficient (Wildman–Crippen LogP) is 2.75. The van der Waals surface area contributed by atoms with Crippen LogP contribution in [0.5, 0.6) is 0 Å². The summed E-state index contributed by atoms with van der Waals surface area (Å²) in [6, 6.07) is 0. The zero-order valence-corrected chi connectivity index (χ0v) is 14.8. The van der Waals surface area contributed by atoms with Crippen molar-refractivity contribution in [3.63, 3.8) is 0 Å². The zero-order chi connectivity index (χ0) is 17.0. The van der Waals surface area contributed by atoms with E-state index in [1.807, 2.05) is 13.8 Å². The molecule has 4 atom stereocenters. The van der Waals surface area contributed by atoms with Crippen LogP contribution in [-0.2, 0) is 19.0 Å². The maximum absolute atomic E-state index is 11.2. The Morgan fingerprint density at radius 2 is 2.00 bits per heavy atom. The lowest BCUT2D eigenvalue weighted by atomic mass is 9.69. The predicted molar refractivity (Wildman–Crippen MR) is 84.3 cm³/mol. The van der Waals surface area contributed by atoms with Gasteiger partial charge in [-0.05, 0) is 25.2 Å². The van der Waals surface area contributed by atoms with Crippen molar-refractivity contribution in [1.29, 1.82) is 0 Å². The Balaban J connectivity index is 2.82. The molecule has 1 heterocycles. The molecule has 0 spiro atoms. The third-order valence-electron chi connectivity index (χ3n) is 5.21. The average molecular weight is 316 g/mol. The van der Waals surface area contributed by atoms with Crippen LogP contribution in [0.15, 0.2) is 0 Å². The van der Waals surface area contributed by atoms with E-state index in [4.69, 9.17) is 9.47 Å². The molecule has 0 aromatic rings. The maximum atomic E-state index is 11.2. The van der Waals surface area contributed by atoms with Crippen LogP contribution in [0.25, 0.3) is 0 Å². The van der Waals surface area contributed by atoms with Gasteiger partial charge in [-0.1, -0.05) is 27.7 Å². The summed E-state index contributed by atoms with van der Waals surface area (Å²) in [6.07, 6.45) is 2.90.